The molecule has 5 nitrogen and oxygen atoms in total. The van der Waals surface area contributed by atoms with Crippen LogP contribution in [0, 0.1) is 0 Å². The Kier molecular flexibility index (Phi) is 4.88. The molecule has 4 N–H and O–H groups in total. The molecule has 0 saturated carbocycles. The summed E-state index contributed by atoms with van der Waals surface area (Å²) in [6, 6.07) is 8.29. The van der Waals surface area contributed by atoms with Crippen LogP contribution in [-0.2, 0) is 9.59 Å². The van der Waals surface area contributed by atoms with E-state index in [1.807, 2.05) is 0 Å². The molecule has 100 valence electrons. The highest BCUT2D eigenvalue weighted by Gasteiger charge is 2.21. The summed E-state index contributed by atoms with van der Waals surface area (Å²) in [5, 5.41) is 19.5. The van der Waals surface area contributed by atoms with E-state index < -0.39 is 17.4 Å². The van der Waals surface area contributed by atoms with E-state index in [0.717, 1.165) is 0 Å². The van der Waals surface area contributed by atoms with Crippen molar-refractivity contribution in [2.75, 3.05) is 0 Å². The van der Waals surface area contributed by atoms with Crippen molar-refractivity contribution in [2.45, 2.75) is 6.92 Å². The maximum absolute atomic E-state index is 11.8. The number of aliphatic hydroxyl groups excluding tert-OH is 2. The fourth-order valence-electron chi connectivity index (χ4n) is 1.22. The van der Waals surface area contributed by atoms with Gasteiger partial charge in [0.05, 0.1) is 5.57 Å². The summed E-state index contributed by atoms with van der Waals surface area (Å²) in [5.74, 6) is -2.97. The number of primary amides is 1. The minimum Gasteiger partial charge on any atom is -0.506 e. The van der Waals surface area contributed by atoms with E-state index in [9.17, 15) is 19.8 Å². The van der Waals surface area contributed by atoms with Crippen molar-refractivity contribution in [3.05, 3.63) is 51.7 Å². The van der Waals surface area contributed by atoms with Crippen LogP contribution in [0.1, 0.15) is 12.5 Å². The number of hydrogen-bond donors (Lipinski definition) is 3. The van der Waals surface area contributed by atoms with Crippen molar-refractivity contribution in [2.24, 2.45) is 5.73 Å². The summed E-state index contributed by atoms with van der Waals surface area (Å²) in [5.41, 5.74) is 5.08. The summed E-state index contributed by atoms with van der Waals surface area (Å²) in [6.45, 7) is 1.22. The number of carbonyl (C=O) groups excluding carboxylic acids is 2. The highest BCUT2D eigenvalue weighted by molar-refractivity contribution is 9.12. The summed E-state index contributed by atoms with van der Waals surface area (Å²) in [6.07, 6.45) is 0. The van der Waals surface area contributed by atoms with E-state index in [4.69, 9.17) is 5.73 Å². The number of amides is 1. The zero-order valence-electron chi connectivity index (χ0n) is 10.1. The van der Waals surface area contributed by atoms with Crippen LogP contribution in [0.2, 0.25) is 0 Å². The van der Waals surface area contributed by atoms with Crippen molar-refractivity contribution in [3.8, 4) is 0 Å². The Bertz CT molecular complexity index is 576. The predicted molar refractivity (Wildman–Crippen MR) is 74.4 cm³/mol. The van der Waals surface area contributed by atoms with Crippen LogP contribution < -0.4 is 5.73 Å². The van der Waals surface area contributed by atoms with Gasteiger partial charge in [-0.1, -0.05) is 30.3 Å². The SMILES string of the molecule is CC(C(N)=O)=C(O)C(=O)C(Br)=C(O)c1ccccc1. The Hall–Kier alpha value is -2.08. The van der Waals surface area contributed by atoms with Gasteiger partial charge in [-0.3, -0.25) is 9.59 Å². The molecule has 0 aliphatic rings. The summed E-state index contributed by atoms with van der Waals surface area (Å²) < 4.78 is -0.253. The number of aliphatic hydroxyl groups is 2. The molecule has 1 aromatic carbocycles. The first-order valence-electron chi connectivity index (χ1n) is 5.24. The fourth-order valence-corrected chi connectivity index (χ4v) is 1.64. The molecule has 0 unspecified atom stereocenters. The van der Waals surface area contributed by atoms with E-state index in [0.29, 0.717) is 5.56 Å². The Morgan fingerprint density at radius 1 is 1.16 bits per heavy atom. The van der Waals surface area contributed by atoms with Gasteiger partial charge in [-0.15, -0.1) is 0 Å². The molecule has 1 aromatic rings. The molecule has 6 heteroatoms. The number of allylic oxidation sites excluding steroid dienone is 1. The molecular formula is C13H12BrNO4. The lowest BCUT2D eigenvalue weighted by Gasteiger charge is -2.05. The average Bonchev–Trinajstić information content (AvgIpc) is 2.44. The first-order chi connectivity index (χ1) is 8.86. The van der Waals surface area contributed by atoms with Gasteiger partial charge in [0, 0.05) is 5.56 Å². The number of Topliss-reactive ketones (excluding diaryl/α,β-unsaturated/α-hetero) is 1. The first kappa shape index (κ1) is 15.0. The number of rotatable bonds is 4. The van der Waals surface area contributed by atoms with E-state index in [1.165, 1.54) is 6.92 Å². The molecule has 19 heavy (non-hydrogen) atoms. The molecule has 0 radical (unpaired) electrons. The van der Waals surface area contributed by atoms with Gasteiger partial charge in [0.2, 0.25) is 11.7 Å². The topological polar surface area (TPSA) is 101 Å². The second-order valence-corrected chi connectivity index (χ2v) is 4.49. The van der Waals surface area contributed by atoms with Crippen molar-refractivity contribution in [3.63, 3.8) is 0 Å². The van der Waals surface area contributed by atoms with Gasteiger partial charge in [0.25, 0.3) is 0 Å². The lowest BCUT2D eigenvalue weighted by molar-refractivity contribution is -0.117. The standard InChI is InChI=1S/C13H12BrNO4/c1-7(13(15)19)10(16)12(18)9(14)11(17)8-5-3-2-4-6-8/h2-6,16-17H,1H3,(H2,15,19). The molecule has 1 rings (SSSR count). The third-order valence-corrected chi connectivity index (χ3v) is 3.13. The lowest BCUT2D eigenvalue weighted by Crippen LogP contribution is -2.17. The molecule has 0 spiro atoms. The van der Waals surface area contributed by atoms with Crippen LogP contribution in [0.15, 0.2) is 46.1 Å². The van der Waals surface area contributed by atoms with Crippen LogP contribution in [0.4, 0.5) is 0 Å². The van der Waals surface area contributed by atoms with Gasteiger partial charge >= 0.3 is 0 Å². The van der Waals surface area contributed by atoms with Crippen molar-refractivity contribution in [1.29, 1.82) is 0 Å². The predicted octanol–water partition coefficient (Wildman–Crippen LogP) is 2.19. The largest absolute Gasteiger partial charge is 0.506 e. The zero-order chi connectivity index (χ0) is 14.6. The normalized spacial score (nSPS) is 13.4. The van der Waals surface area contributed by atoms with Crippen molar-refractivity contribution < 1.29 is 19.8 Å². The number of benzene rings is 1. The number of hydrogen-bond acceptors (Lipinski definition) is 4. The molecule has 0 saturated heterocycles. The van der Waals surface area contributed by atoms with E-state index >= 15 is 0 Å². The number of ketones is 1. The molecule has 1 amide bonds. The van der Waals surface area contributed by atoms with Gasteiger partial charge < -0.3 is 15.9 Å². The first-order valence-corrected chi connectivity index (χ1v) is 6.04. The highest BCUT2D eigenvalue weighted by Crippen LogP contribution is 2.23. The number of carbonyl (C=O) groups is 2. The molecule has 0 aliphatic carbocycles. The van der Waals surface area contributed by atoms with Crippen LogP contribution in [0.5, 0.6) is 0 Å². The number of halogens is 1. The van der Waals surface area contributed by atoms with E-state index in [-0.39, 0.29) is 15.8 Å². The third-order valence-electron chi connectivity index (χ3n) is 2.39. The third kappa shape index (κ3) is 3.45. The molecule has 0 atom stereocenters. The van der Waals surface area contributed by atoms with Gasteiger partial charge in [-0.25, -0.2) is 0 Å². The summed E-state index contributed by atoms with van der Waals surface area (Å²) in [7, 11) is 0. The van der Waals surface area contributed by atoms with Gasteiger partial charge in [-0.05, 0) is 22.9 Å². The molecule has 0 bridgehead atoms. The Balaban J connectivity index is 3.20. The van der Waals surface area contributed by atoms with E-state index in [1.54, 1.807) is 30.3 Å². The minimum atomic E-state index is -0.919. The van der Waals surface area contributed by atoms with Crippen LogP contribution >= 0.6 is 15.9 Å². The zero-order valence-corrected chi connectivity index (χ0v) is 11.6. The highest BCUT2D eigenvalue weighted by atomic mass is 79.9. The van der Waals surface area contributed by atoms with Gasteiger partial charge in [0.1, 0.15) is 10.2 Å². The van der Waals surface area contributed by atoms with Crippen LogP contribution in [0.25, 0.3) is 5.76 Å². The van der Waals surface area contributed by atoms with E-state index in [2.05, 4.69) is 15.9 Å². The van der Waals surface area contributed by atoms with Crippen molar-refractivity contribution >= 4 is 33.4 Å². The second kappa shape index (κ2) is 6.19. The maximum Gasteiger partial charge on any atom is 0.248 e. The van der Waals surface area contributed by atoms with Crippen LogP contribution in [-0.4, -0.2) is 21.9 Å². The second-order valence-electron chi connectivity index (χ2n) is 3.70. The molecule has 0 aromatic heterocycles. The molecule has 0 heterocycles. The van der Waals surface area contributed by atoms with Gasteiger partial charge in [-0.2, -0.15) is 0 Å². The number of nitrogens with two attached hydrogens (primary N) is 1. The fraction of sp³-hybridized carbons (Fsp3) is 0.0769. The smallest absolute Gasteiger partial charge is 0.248 e. The monoisotopic (exact) mass is 325 g/mol. The quantitative estimate of drug-likeness (QED) is 0.583. The molecule has 0 fully saturated rings. The Morgan fingerprint density at radius 2 is 1.68 bits per heavy atom. The summed E-state index contributed by atoms with van der Waals surface area (Å²) >= 11 is 2.90. The van der Waals surface area contributed by atoms with Gasteiger partial charge in [0.15, 0.2) is 5.76 Å². The lowest BCUT2D eigenvalue weighted by atomic mass is 10.1. The minimum absolute atomic E-state index is 0.253. The maximum atomic E-state index is 11.8. The average molecular weight is 326 g/mol. The van der Waals surface area contributed by atoms with Crippen molar-refractivity contribution in [1.82, 2.24) is 0 Å². The Labute approximate surface area is 118 Å². The summed E-state index contributed by atoms with van der Waals surface area (Å²) in [4.78, 5) is 22.7. The molecular weight excluding hydrogens is 314 g/mol. The Morgan fingerprint density at radius 3 is 2.16 bits per heavy atom. The van der Waals surface area contributed by atoms with Crippen LogP contribution in [0.3, 0.4) is 0 Å². The molecule has 0 aliphatic heterocycles.